The summed E-state index contributed by atoms with van der Waals surface area (Å²) >= 11 is 0. The van der Waals surface area contributed by atoms with E-state index in [-0.39, 0.29) is 11.9 Å². The van der Waals surface area contributed by atoms with Gasteiger partial charge < -0.3 is 5.32 Å². The Bertz CT molecular complexity index is 367. The van der Waals surface area contributed by atoms with Crippen molar-refractivity contribution in [3.63, 3.8) is 0 Å². The van der Waals surface area contributed by atoms with E-state index in [1.807, 2.05) is 30.3 Å². The van der Waals surface area contributed by atoms with Crippen molar-refractivity contribution in [1.82, 2.24) is 10.8 Å². The summed E-state index contributed by atoms with van der Waals surface area (Å²) in [5.41, 5.74) is 3.54. The normalized spacial score (nSPS) is 23.6. The van der Waals surface area contributed by atoms with Crippen molar-refractivity contribution in [2.75, 3.05) is 6.54 Å². The Morgan fingerprint density at radius 1 is 1.47 bits per heavy atom. The van der Waals surface area contributed by atoms with Crippen LogP contribution in [0.3, 0.4) is 0 Å². The maximum Gasteiger partial charge on any atom is 0.260 e. The molecular formula is C13H18N2O2. The Balaban J connectivity index is 1.73. The van der Waals surface area contributed by atoms with Gasteiger partial charge in [-0.2, -0.15) is 0 Å². The van der Waals surface area contributed by atoms with Gasteiger partial charge in [-0.3, -0.25) is 9.63 Å². The molecule has 0 radical (unpaired) electrons. The van der Waals surface area contributed by atoms with Gasteiger partial charge in [0.1, 0.15) is 0 Å². The Hall–Kier alpha value is -1.39. The minimum atomic E-state index is -0.120. The molecule has 0 bridgehead atoms. The molecule has 2 rings (SSSR count). The monoisotopic (exact) mass is 234 g/mol. The second kappa shape index (κ2) is 5.80. The van der Waals surface area contributed by atoms with E-state index >= 15 is 0 Å². The molecule has 2 N–H and O–H groups in total. The fourth-order valence-corrected chi connectivity index (χ4v) is 2.01. The van der Waals surface area contributed by atoms with E-state index in [1.54, 1.807) is 0 Å². The lowest BCUT2D eigenvalue weighted by molar-refractivity contribution is -0.137. The van der Waals surface area contributed by atoms with Crippen LogP contribution in [0.2, 0.25) is 0 Å². The molecular weight excluding hydrogens is 216 g/mol. The first-order valence-corrected chi connectivity index (χ1v) is 5.96. The van der Waals surface area contributed by atoms with Gasteiger partial charge in [0.25, 0.3) is 5.91 Å². The molecule has 4 nitrogen and oxygen atoms in total. The van der Waals surface area contributed by atoms with Crippen LogP contribution in [0.1, 0.15) is 18.9 Å². The molecule has 2 unspecified atom stereocenters. The lowest BCUT2D eigenvalue weighted by Gasteiger charge is -2.15. The van der Waals surface area contributed by atoms with Crippen LogP contribution in [-0.2, 0) is 16.2 Å². The first-order valence-electron chi connectivity index (χ1n) is 5.96. The lowest BCUT2D eigenvalue weighted by Crippen LogP contribution is -2.43. The lowest BCUT2D eigenvalue weighted by atomic mass is 10.0. The quantitative estimate of drug-likeness (QED) is 0.770. The van der Waals surface area contributed by atoms with Gasteiger partial charge in [-0.05, 0) is 24.4 Å². The zero-order valence-corrected chi connectivity index (χ0v) is 9.98. The molecule has 1 amide bonds. The average Bonchev–Trinajstić information content (AvgIpc) is 2.77. The van der Waals surface area contributed by atoms with Crippen molar-refractivity contribution >= 4 is 5.91 Å². The number of hydrogen-bond donors (Lipinski definition) is 2. The predicted molar refractivity (Wildman–Crippen MR) is 64.9 cm³/mol. The van der Waals surface area contributed by atoms with E-state index in [0.29, 0.717) is 12.5 Å². The zero-order valence-electron chi connectivity index (χ0n) is 9.98. The fourth-order valence-electron chi connectivity index (χ4n) is 2.01. The topological polar surface area (TPSA) is 50.4 Å². The maximum absolute atomic E-state index is 11.7. The van der Waals surface area contributed by atoms with Crippen molar-refractivity contribution in [2.24, 2.45) is 5.92 Å². The molecule has 1 heterocycles. The highest BCUT2D eigenvalue weighted by Gasteiger charge is 2.29. The van der Waals surface area contributed by atoms with Crippen LogP contribution in [0, 0.1) is 5.92 Å². The number of hydrogen-bond acceptors (Lipinski definition) is 3. The third kappa shape index (κ3) is 3.28. The van der Waals surface area contributed by atoms with Crippen molar-refractivity contribution in [3.05, 3.63) is 35.9 Å². The molecule has 1 fully saturated rings. The molecule has 1 aliphatic heterocycles. The minimum Gasteiger partial charge on any atom is -0.306 e. The SMILES string of the molecule is CC1CCNC1C(=O)NOCc1ccccc1. The van der Waals surface area contributed by atoms with Gasteiger partial charge in [-0.25, -0.2) is 5.48 Å². The fraction of sp³-hybridized carbons (Fsp3) is 0.462. The van der Waals surface area contributed by atoms with Gasteiger partial charge in [-0.1, -0.05) is 37.3 Å². The molecule has 0 spiro atoms. The van der Waals surface area contributed by atoms with Crippen LogP contribution >= 0.6 is 0 Å². The maximum atomic E-state index is 11.7. The van der Waals surface area contributed by atoms with Crippen molar-refractivity contribution in [1.29, 1.82) is 0 Å². The summed E-state index contributed by atoms with van der Waals surface area (Å²) in [6.07, 6.45) is 1.04. The largest absolute Gasteiger partial charge is 0.306 e. The van der Waals surface area contributed by atoms with Crippen LogP contribution in [-0.4, -0.2) is 18.5 Å². The standard InChI is InChI=1S/C13H18N2O2/c1-10-7-8-14-12(10)13(16)15-17-9-11-5-3-2-4-6-11/h2-6,10,12,14H,7-9H2,1H3,(H,15,16). The summed E-state index contributed by atoms with van der Waals surface area (Å²) in [6, 6.07) is 9.64. The Morgan fingerprint density at radius 2 is 2.24 bits per heavy atom. The summed E-state index contributed by atoms with van der Waals surface area (Å²) in [6.45, 7) is 3.37. The second-order valence-corrected chi connectivity index (χ2v) is 4.44. The molecule has 1 aliphatic rings. The van der Waals surface area contributed by atoms with Crippen LogP contribution in [0.15, 0.2) is 30.3 Å². The highest BCUT2D eigenvalue weighted by atomic mass is 16.6. The molecule has 0 aliphatic carbocycles. The van der Waals surface area contributed by atoms with Gasteiger partial charge in [0.05, 0.1) is 12.6 Å². The smallest absolute Gasteiger partial charge is 0.260 e. The number of amides is 1. The Labute approximate surface area is 101 Å². The van der Waals surface area contributed by atoms with E-state index in [4.69, 9.17) is 4.84 Å². The molecule has 1 aromatic rings. The molecule has 1 saturated heterocycles. The molecule has 2 atom stereocenters. The van der Waals surface area contributed by atoms with Gasteiger partial charge in [-0.15, -0.1) is 0 Å². The van der Waals surface area contributed by atoms with E-state index in [1.165, 1.54) is 0 Å². The molecule has 92 valence electrons. The highest BCUT2D eigenvalue weighted by molar-refractivity contribution is 5.81. The van der Waals surface area contributed by atoms with Crippen LogP contribution in [0.5, 0.6) is 0 Å². The zero-order chi connectivity index (χ0) is 12.1. The number of nitrogens with one attached hydrogen (secondary N) is 2. The number of benzene rings is 1. The van der Waals surface area contributed by atoms with Crippen molar-refractivity contribution in [3.8, 4) is 0 Å². The Morgan fingerprint density at radius 3 is 2.88 bits per heavy atom. The third-order valence-electron chi connectivity index (χ3n) is 3.07. The van der Waals surface area contributed by atoms with Crippen molar-refractivity contribution in [2.45, 2.75) is 26.0 Å². The molecule has 17 heavy (non-hydrogen) atoms. The van der Waals surface area contributed by atoms with E-state index in [2.05, 4.69) is 17.7 Å². The van der Waals surface area contributed by atoms with E-state index < -0.39 is 0 Å². The third-order valence-corrected chi connectivity index (χ3v) is 3.07. The second-order valence-electron chi connectivity index (χ2n) is 4.44. The van der Waals surface area contributed by atoms with Gasteiger partial charge in [0, 0.05) is 0 Å². The molecule has 0 aromatic heterocycles. The van der Waals surface area contributed by atoms with Gasteiger partial charge >= 0.3 is 0 Å². The number of rotatable bonds is 4. The Kier molecular flexibility index (Phi) is 4.12. The van der Waals surface area contributed by atoms with Crippen molar-refractivity contribution < 1.29 is 9.63 Å². The predicted octanol–water partition coefficient (Wildman–Crippen LogP) is 1.23. The minimum absolute atomic E-state index is 0.0778. The van der Waals surface area contributed by atoms with Crippen LogP contribution < -0.4 is 10.8 Å². The summed E-state index contributed by atoms with van der Waals surface area (Å²) < 4.78 is 0. The first kappa shape index (κ1) is 12.1. The van der Waals surface area contributed by atoms with E-state index in [9.17, 15) is 4.79 Å². The average molecular weight is 234 g/mol. The number of hydroxylamine groups is 1. The number of carbonyl (C=O) groups is 1. The van der Waals surface area contributed by atoms with Gasteiger partial charge in [0.2, 0.25) is 0 Å². The summed E-state index contributed by atoms with van der Waals surface area (Å²) in [5, 5.41) is 3.16. The molecule has 4 heteroatoms. The first-order chi connectivity index (χ1) is 8.27. The van der Waals surface area contributed by atoms with Gasteiger partial charge in [0.15, 0.2) is 0 Å². The molecule has 1 aromatic carbocycles. The van der Waals surface area contributed by atoms with Crippen LogP contribution in [0.25, 0.3) is 0 Å². The summed E-state index contributed by atoms with van der Waals surface area (Å²) in [5.74, 6) is 0.293. The van der Waals surface area contributed by atoms with E-state index in [0.717, 1.165) is 18.5 Å². The number of carbonyl (C=O) groups excluding carboxylic acids is 1. The highest BCUT2D eigenvalue weighted by Crippen LogP contribution is 2.14. The summed E-state index contributed by atoms with van der Waals surface area (Å²) in [7, 11) is 0. The van der Waals surface area contributed by atoms with Crippen LogP contribution in [0.4, 0.5) is 0 Å². The summed E-state index contributed by atoms with van der Waals surface area (Å²) in [4.78, 5) is 17.0. The molecule has 0 saturated carbocycles.